The van der Waals surface area contributed by atoms with Crippen LogP contribution in [0.4, 0.5) is 10.1 Å². The fraction of sp³-hybridized carbons (Fsp3) is 0.321. The molecule has 3 aromatic rings. The lowest BCUT2D eigenvalue weighted by Gasteiger charge is -2.38. The molecule has 0 saturated heterocycles. The van der Waals surface area contributed by atoms with Gasteiger partial charge in [0.15, 0.2) is 5.75 Å². The Kier molecular flexibility index (Phi) is 9.02. The largest absolute Gasteiger partial charge is 0.486 e. The van der Waals surface area contributed by atoms with Gasteiger partial charge >= 0.3 is 0 Å². The van der Waals surface area contributed by atoms with Gasteiger partial charge in [0.2, 0.25) is 10.0 Å². The van der Waals surface area contributed by atoms with Crippen molar-refractivity contribution in [3.63, 3.8) is 0 Å². The van der Waals surface area contributed by atoms with E-state index in [9.17, 15) is 31.1 Å². The molecular formula is C28H32FN3O7S2. The summed E-state index contributed by atoms with van der Waals surface area (Å²) in [6.45, 7) is 3.09. The molecule has 0 saturated carbocycles. The van der Waals surface area contributed by atoms with Gasteiger partial charge in [-0.25, -0.2) is 21.2 Å². The summed E-state index contributed by atoms with van der Waals surface area (Å²) in [6, 6.07) is 16.0. The molecule has 0 bridgehead atoms. The fourth-order valence-electron chi connectivity index (χ4n) is 4.48. The van der Waals surface area contributed by atoms with E-state index in [-0.39, 0.29) is 46.5 Å². The Morgan fingerprint density at radius 3 is 2.32 bits per heavy atom. The number of fused-ring (bicyclic) bond motifs is 1. The van der Waals surface area contributed by atoms with Crippen LogP contribution >= 0.6 is 0 Å². The van der Waals surface area contributed by atoms with Gasteiger partial charge < -0.3 is 14.7 Å². The van der Waals surface area contributed by atoms with Gasteiger partial charge in [-0.1, -0.05) is 31.2 Å². The summed E-state index contributed by atoms with van der Waals surface area (Å²) < 4.78 is 76.2. The second kappa shape index (κ2) is 12.1. The van der Waals surface area contributed by atoms with Crippen molar-refractivity contribution in [3.8, 4) is 5.75 Å². The average Bonchev–Trinajstić information content (AvgIpc) is 2.95. The average molecular weight is 606 g/mol. The van der Waals surface area contributed by atoms with Crippen LogP contribution in [0.5, 0.6) is 5.75 Å². The summed E-state index contributed by atoms with van der Waals surface area (Å²) in [5, 5.41) is 9.87. The molecule has 0 aliphatic carbocycles. The van der Waals surface area contributed by atoms with Crippen LogP contribution in [-0.4, -0.2) is 75.9 Å². The normalized spacial score (nSPS) is 18.7. The van der Waals surface area contributed by atoms with Crippen molar-refractivity contribution in [3.05, 3.63) is 84.2 Å². The molecule has 0 aromatic heterocycles. The molecular weight excluding hydrogens is 573 g/mol. The lowest BCUT2D eigenvalue weighted by molar-refractivity contribution is 0.0389. The minimum Gasteiger partial charge on any atom is -0.486 e. The highest BCUT2D eigenvalue weighted by atomic mass is 32.2. The molecule has 0 fully saturated rings. The van der Waals surface area contributed by atoms with Crippen LogP contribution in [0.15, 0.2) is 82.6 Å². The Morgan fingerprint density at radius 1 is 1.02 bits per heavy atom. The summed E-state index contributed by atoms with van der Waals surface area (Å²) in [6.07, 6.45) is -0.849. The van der Waals surface area contributed by atoms with Crippen LogP contribution in [0, 0.1) is 11.7 Å². The van der Waals surface area contributed by atoms with E-state index < -0.39 is 49.8 Å². The lowest BCUT2D eigenvalue weighted by Crippen LogP contribution is -2.50. The Labute approximate surface area is 239 Å². The van der Waals surface area contributed by atoms with Gasteiger partial charge in [0, 0.05) is 19.5 Å². The number of halogens is 1. The standard InChI is InChI=1S/C28H32FN3O7S2/c1-19-16-32(20(2)18-33)28(34)24-10-7-11-25(30-40(35,36)22-8-5-4-6-9-22)27(24)39-26(19)17-31(3)41(37,38)23-14-12-21(29)13-15-23/h4-15,19-20,26,30,33H,16-18H2,1-3H3/t19-,20-,26-/m1/s1. The van der Waals surface area contributed by atoms with E-state index >= 15 is 0 Å². The van der Waals surface area contributed by atoms with Crippen LogP contribution in [0.25, 0.3) is 0 Å². The Balaban J connectivity index is 1.76. The molecule has 10 nitrogen and oxygen atoms in total. The fourth-order valence-corrected chi connectivity index (χ4v) is 6.75. The van der Waals surface area contributed by atoms with Crippen molar-refractivity contribution in [1.82, 2.24) is 9.21 Å². The smallest absolute Gasteiger partial charge is 0.262 e. The number of benzene rings is 3. The van der Waals surface area contributed by atoms with Crippen molar-refractivity contribution in [2.45, 2.75) is 35.8 Å². The van der Waals surface area contributed by atoms with E-state index in [1.807, 2.05) is 0 Å². The number of ether oxygens (including phenoxy) is 1. The predicted molar refractivity (Wildman–Crippen MR) is 151 cm³/mol. The maximum atomic E-state index is 13.6. The summed E-state index contributed by atoms with van der Waals surface area (Å²) in [5.74, 6) is -1.56. The van der Waals surface area contributed by atoms with E-state index in [1.54, 1.807) is 32.0 Å². The minimum atomic E-state index is -4.07. The van der Waals surface area contributed by atoms with Gasteiger partial charge in [-0.3, -0.25) is 9.52 Å². The summed E-state index contributed by atoms with van der Waals surface area (Å²) in [5.41, 5.74) is 0.0546. The number of likely N-dealkylation sites (N-methyl/N-ethyl adjacent to an activating group) is 1. The number of hydrogen-bond donors (Lipinski definition) is 2. The van der Waals surface area contributed by atoms with E-state index in [4.69, 9.17) is 4.74 Å². The second-order valence-electron chi connectivity index (χ2n) is 9.96. The number of anilines is 1. The second-order valence-corrected chi connectivity index (χ2v) is 13.7. The zero-order valence-electron chi connectivity index (χ0n) is 22.8. The van der Waals surface area contributed by atoms with Crippen LogP contribution in [0.1, 0.15) is 24.2 Å². The number of sulfonamides is 2. The highest BCUT2D eigenvalue weighted by molar-refractivity contribution is 7.92. The molecule has 1 aliphatic rings. The quantitative estimate of drug-likeness (QED) is 0.383. The first-order valence-corrected chi connectivity index (χ1v) is 15.8. The third-order valence-corrected chi connectivity index (χ3v) is 10.2. The third-order valence-electron chi connectivity index (χ3n) is 6.95. The van der Waals surface area contributed by atoms with Crippen LogP contribution in [0.2, 0.25) is 0 Å². The number of carbonyl (C=O) groups is 1. The Bertz CT molecular complexity index is 1600. The van der Waals surface area contributed by atoms with Gasteiger partial charge in [0.25, 0.3) is 15.9 Å². The molecule has 0 unspecified atom stereocenters. The minimum absolute atomic E-state index is 0.000320. The molecule has 4 rings (SSSR count). The molecule has 1 amide bonds. The monoisotopic (exact) mass is 605 g/mol. The van der Waals surface area contributed by atoms with Crippen molar-refractivity contribution in [2.75, 3.05) is 31.5 Å². The molecule has 41 heavy (non-hydrogen) atoms. The van der Waals surface area contributed by atoms with Crippen molar-refractivity contribution >= 4 is 31.6 Å². The van der Waals surface area contributed by atoms with Crippen LogP contribution < -0.4 is 9.46 Å². The number of hydrogen-bond acceptors (Lipinski definition) is 7. The van der Waals surface area contributed by atoms with E-state index in [1.165, 1.54) is 54.4 Å². The number of amides is 1. The van der Waals surface area contributed by atoms with E-state index in [0.717, 1.165) is 16.4 Å². The SMILES string of the molecule is C[C@@H]1CN([C@H](C)CO)C(=O)c2cccc(NS(=O)(=O)c3ccccc3)c2O[C@@H]1CN(C)S(=O)(=O)c1ccc(F)cc1. The molecule has 0 radical (unpaired) electrons. The maximum Gasteiger partial charge on any atom is 0.262 e. The number of nitrogens with one attached hydrogen (secondary N) is 1. The van der Waals surface area contributed by atoms with Crippen molar-refractivity contribution in [2.24, 2.45) is 5.92 Å². The first kappa shape index (κ1) is 30.4. The molecule has 220 valence electrons. The van der Waals surface area contributed by atoms with Gasteiger partial charge in [0.05, 0.1) is 40.2 Å². The predicted octanol–water partition coefficient (Wildman–Crippen LogP) is 3.17. The van der Waals surface area contributed by atoms with Crippen molar-refractivity contribution < 1.29 is 35.9 Å². The van der Waals surface area contributed by atoms with Gasteiger partial charge in [-0.05, 0) is 55.5 Å². The zero-order chi connectivity index (χ0) is 29.9. The lowest BCUT2D eigenvalue weighted by atomic mass is 9.99. The first-order valence-electron chi connectivity index (χ1n) is 12.9. The number of aliphatic hydroxyl groups excluding tert-OH is 1. The highest BCUT2D eigenvalue weighted by Crippen LogP contribution is 2.36. The topological polar surface area (TPSA) is 133 Å². The van der Waals surface area contributed by atoms with Gasteiger partial charge in [-0.15, -0.1) is 0 Å². The Hall–Kier alpha value is -3.52. The number of nitrogens with zero attached hydrogens (tertiary/aromatic N) is 2. The van der Waals surface area contributed by atoms with Gasteiger partial charge in [0.1, 0.15) is 11.9 Å². The summed E-state index contributed by atoms with van der Waals surface area (Å²) in [4.78, 5) is 15.0. The Morgan fingerprint density at radius 2 is 1.68 bits per heavy atom. The summed E-state index contributed by atoms with van der Waals surface area (Å²) >= 11 is 0. The molecule has 3 aromatic carbocycles. The number of carbonyl (C=O) groups excluding carboxylic acids is 1. The summed E-state index contributed by atoms with van der Waals surface area (Å²) in [7, 11) is -6.75. The molecule has 2 N–H and O–H groups in total. The molecule has 1 heterocycles. The van der Waals surface area contributed by atoms with Gasteiger partial charge in [-0.2, -0.15) is 4.31 Å². The molecule has 1 aliphatic heterocycles. The zero-order valence-corrected chi connectivity index (χ0v) is 24.4. The van der Waals surface area contributed by atoms with Crippen LogP contribution in [-0.2, 0) is 20.0 Å². The van der Waals surface area contributed by atoms with E-state index in [2.05, 4.69) is 4.72 Å². The first-order chi connectivity index (χ1) is 19.3. The van der Waals surface area contributed by atoms with E-state index in [0.29, 0.717) is 0 Å². The molecule has 3 atom stereocenters. The maximum absolute atomic E-state index is 13.6. The number of para-hydroxylation sites is 1. The number of aliphatic hydroxyl groups is 1. The molecule has 0 spiro atoms. The van der Waals surface area contributed by atoms with Crippen molar-refractivity contribution in [1.29, 1.82) is 0 Å². The number of rotatable bonds is 9. The highest BCUT2D eigenvalue weighted by Gasteiger charge is 2.36. The third kappa shape index (κ3) is 6.53. The molecule has 13 heteroatoms. The van der Waals surface area contributed by atoms with Crippen LogP contribution in [0.3, 0.4) is 0 Å².